The monoisotopic (exact) mass is 505 g/mol. The van der Waals surface area contributed by atoms with Gasteiger partial charge in [-0.05, 0) is 64.7 Å². The molecule has 0 atom stereocenters. The van der Waals surface area contributed by atoms with Crippen molar-refractivity contribution >= 4 is 34.0 Å². The lowest BCUT2D eigenvalue weighted by molar-refractivity contribution is 0.229. The van der Waals surface area contributed by atoms with Crippen LogP contribution < -0.4 is 10.2 Å². The Morgan fingerprint density at radius 2 is 1.83 bits per heavy atom. The number of benzene rings is 1. The lowest BCUT2D eigenvalue weighted by Crippen LogP contribution is -2.48. The van der Waals surface area contributed by atoms with E-state index in [0.717, 1.165) is 91.1 Å². The van der Waals surface area contributed by atoms with Crippen LogP contribution in [0.2, 0.25) is 0 Å². The quantitative estimate of drug-likeness (QED) is 0.373. The number of rotatable bonds is 8. The maximum absolute atomic E-state index is 5.43. The van der Waals surface area contributed by atoms with E-state index in [-0.39, 0.29) is 0 Å². The molecular weight excluding hydrogens is 470 g/mol. The summed E-state index contributed by atoms with van der Waals surface area (Å²) in [4.78, 5) is 19.7. The van der Waals surface area contributed by atoms with Gasteiger partial charge >= 0.3 is 0 Å². The number of nitrogens with zero attached hydrogens (tertiary/aromatic N) is 6. The van der Waals surface area contributed by atoms with Crippen molar-refractivity contribution in [3.05, 3.63) is 51.5 Å². The number of likely N-dealkylation sites (N-methyl/N-ethyl adjacent to an activating group) is 1. The van der Waals surface area contributed by atoms with E-state index >= 15 is 0 Å². The number of piperazine rings is 1. The summed E-state index contributed by atoms with van der Waals surface area (Å²) in [5.41, 5.74) is 3.93. The molecule has 4 aromatic rings. The Morgan fingerprint density at radius 3 is 2.50 bits per heavy atom. The fourth-order valence-electron chi connectivity index (χ4n) is 4.71. The van der Waals surface area contributed by atoms with Gasteiger partial charge in [-0.3, -0.25) is 4.90 Å². The highest BCUT2D eigenvalue weighted by atomic mass is 32.1. The zero-order valence-corrected chi connectivity index (χ0v) is 22.7. The molecule has 1 aliphatic rings. The van der Waals surface area contributed by atoms with Crippen LogP contribution in [0.15, 0.2) is 34.9 Å². The van der Waals surface area contributed by atoms with Gasteiger partial charge in [0.05, 0.1) is 17.8 Å². The van der Waals surface area contributed by atoms with E-state index in [1.807, 2.05) is 25.2 Å². The van der Waals surface area contributed by atoms with E-state index < -0.39 is 0 Å². The highest BCUT2D eigenvalue weighted by molar-refractivity contribution is 7.11. The van der Waals surface area contributed by atoms with Crippen LogP contribution in [0.25, 0.3) is 22.0 Å². The van der Waals surface area contributed by atoms with E-state index in [1.165, 1.54) is 9.75 Å². The number of fused-ring (bicyclic) bond motifs is 1. The minimum Gasteiger partial charge on any atom is -0.364 e. The van der Waals surface area contributed by atoms with Crippen LogP contribution in [0.3, 0.4) is 0 Å². The van der Waals surface area contributed by atoms with Crippen molar-refractivity contribution in [1.82, 2.24) is 24.9 Å². The van der Waals surface area contributed by atoms with Crippen LogP contribution >= 0.6 is 11.3 Å². The second-order valence-corrected chi connectivity index (χ2v) is 11.2. The van der Waals surface area contributed by atoms with Crippen LogP contribution in [0.5, 0.6) is 0 Å². The van der Waals surface area contributed by atoms with Crippen LogP contribution in [0, 0.1) is 20.8 Å². The van der Waals surface area contributed by atoms with E-state index in [4.69, 9.17) is 14.5 Å². The van der Waals surface area contributed by atoms with Gasteiger partial charge in [-0.15, -0.1) is 11.3 Å². The zero-order chi connectivity index (χ0) is 25.2. The molecule has 3 aromatic heterocycles. The van der Waals surface area contributed by atoms with Crippen LogP contribution in [0.1, 0.15) is 21.2 Å². The molecule has 0 radical (unpaired) electrons. The minimum absolute atomic E-state index is 0.734. The highest BCUT2D eigenvalue weighted by Gasteiger charge is 2.21. The van der Waals surface area contributed by atoms with Crippen LogP contribution in [0.4, 0.5) is 11.8 Å². The predicted octanol–water partition coefficient (Wildman–Crippen LogP) is 4.57. The van der Waals surface area contributed by atoms with Crippen molar-refractivity contribution < 1.29 is 4.52 Å². The van der Waals surface area contributed by atoms with Gasteiger partial charge in [0.25, 0.3) is 0 Å². The van der Waals surface area contributed by atoms with Gasteiger partial charge in [0.1, 0.15) is 11.6 Å². The first-order valence-electron chi connectivity index (χ1n) is 12.5. The van der Waals surface area contributed by atoms with Crippen molar-refractivity contribution in [2.45, 2.75) is 27.3 Å². The summed E-state index contributed by atoms with van der Waals surface area (Å²) < 4.78 is 5.43. The standard InChI is InChI=1S/C27H35N7OS/c1-18-6-8-22(36-18)17-28-26-23-16-21(25-19(2)31-35-20(25)3)7-9-24(23)29-27(30-26)34-14-12-33(13-15-34)11-10-32(4)5/h6-9,16H,10-15,17H2,1-5H3,(H,28,29,30). The van der Waals surface area contributed by atoms with Gasteiger partial charge in [-0.1, -0.05) is 11.2 Å². The van der Waals surface area contributed by atoms with E-state index in [2.05, 4.69) is 76.5 Å². The van der Waals surface area contributed by atoms with E-state index in [0.29, 0.717) is 0 Å². The number of aromatic nitrogens is 3. The van der Waals surface area contributed by atoms with Crippen molar-refractivity contribution in [2.75, 3.05) is 63.6 Å². The molecule has 1 fully saturated rings. The third-order valence-corrected chi connectivity index (χ3v) is 7.75. The predicted molar refractivity (Wildman–Crippen MR) is 148 cm³/mol. The average Bonchev–Trinajstić information content (AvgIpc) is 3.44. The van der Waals surface area contributed by atoms with E-state index in [9.17, 15) is 0 Å². The molecule has 1 aromatic carbocycles. The molecule has 190 valence electrons. The summed E-state index contributed by atoms with van der Waals surface area (Å²) in [6.07, 6.45) is 0. The third-order valence-electron chi connectivity index (χ3n) is 6.75. The van der Waals surface area contributed by atoms with Crippen molar-refractivity contribution in [3.63, 3.8) is 0 Å². The first kappa shape index (κ1) is 24.7. The molecule has 1 saturated heterocycles. The smallest absolute Gasteiger partial charge is 0.227 e. The summed E-state index contributed by atoms with van der Waals surface area (Å²) in [5, 5.41) is 8.77. The molecule has 0 unspecified atom stereocenters. The maximum atomic E-state index is 5.43. The summed E-state index contributed by atoms with van der Waals surface area (Å²) in [6.45, 7) is 12.9. The summed E-state index contributed by atoms with van der Waals surface area (Å²) >= 11 is 1.81. The molecule has 0 bridgehead atoms. The van der Waals surface area contributed by atoms with Gasteiger partial charge in [0.15, 0.2) is 0 Å². The Kier molecular flexibility index (Phi) is 7.22. The lowest BCUT2D eigenvalue weighted by atomic mass is 10.0. The molecule has 1 aliphatic heterocycles. The summed E-state index contributed by atoms with van der Waals surface area (Å²) in [6, 6.07) is 10.7. The molecule has 0 saturated carbocycles. The van der Waals surface area contributed by atoms with Crippen molar-refractivity contribution in [3.8, 4) is 11.1 Å². The number of hydrogen-bond donors (Lipinski definition) is 1. The molecule has 0 aliphatic carbocycles. The topological polar surface area (TPSA) is 73.6 Å². The molecule has 1 N–H and O–H groups in total. The highest BCUT2D eigenvalue weighted by Crippen LogP contribution is 2.33. The molecule has 0 amide bonds. The normalized spacial score (nSPS) is 14.8. The number of aryl methyl sites for hydroxylation is 3. The number of hydrogen-bond acceptors (Lipinski definition) is 9. The molecule has 36 heavy (non-hydrogen) atoms. The van der Waals surface area contributed by atoms with Gasteiger partial charge in [-0.25, -0.2) is 4.98 Å². The molecule has 4 heterocycles. The summed E-state index contributed by atoms with van der Waals surface area (Å²) in [7, 11) is 4.25. The first-order chi connectivity index (χ1) is 17.4. The first-order valence-corrected chi connectivity index (χ1v) is 13.4. The Labute approximate surface area is 216 Å². The number of nitrogens with one attached hydrogen (secondary N) is 1. The maximum Gasteiger partial charge on any atom is 0.227 e. The Morgan fingerprint density at radius 1 is 1.03 bits per heavy atom. The minimum atomic E-state index is 0.734. The van der Waals surface area contributed by atoms with Crippen LogP contribution in [-0.4, -0.2) is 78.3 Å². The SMILES string of the molecule is Cc1ccc(CNc2nc(N3CCN(CCN(C)C)CC3)nc3ccc(-c4c(C)noc4C)cc23)s1. The van der Waals surface area contributed by atoms with Gasteiger partial charge in [0.2, 0.25) is 5.95 Å². The largest absolute Gasteiger partial charge is 0.364 e. The van der Waals surface area contributed by atoms with Crippen molar-refractivity contribution in [2.24, 2.45) is 0 Å². The number of anilines is 2. The van der Waals surface area contributed by atoms with E-state index in [1.54, 1.807) is 0 Å². The second kappa shape index (κ2) is 10.5. The summed E-state index contributed by atoms with van der Waals surface area (Å²) in [5.74, 6) is 2.48. The third kappa shape index (κ3) is 5.38. The Bertz CT molecular complexity index is 1320. The second-order valence-electron chi connectivity index (χ2n) is 9.80. The lowest BCUT2D eigenvalue weighted by Gasteiger charge is -2.35. The number of thiophene rings is 1. The molecule has 8 nitrogen and oxygen atoms in total. The Hall–Kier alpha value is -3.01. The molecule has 9 heteroatoms. The van der Waals surface area contributed by atoms with Gasteiger partial charge in [-0.2, -0.15) is 4.98 Å². The molecular formula is C27H35N7OS. The van der Waals surface area contributed by atoms with Crippen LogP contribution in [-0.2, 0) is 6.54 Å². The zero-order valence-electron chi connectivity index (χ0n) is 21.8. The molecule has 0 spiro atoms. The average molecular weight is 506 g/mol. The fourth-order valence-corrected chi connectivity index (χ4v) is 5.54. The fraction of sp³-hybridized carbons (Fsp3) is 0.444. The van der Waals surface area contributed by atoms with Gasteiger partial charge in [0, 0.05) is 60.0 Å². The Balaban J connectivity index is 1.45. The van der Waals surface area contributed by atoms with Gasteiger partial charge < -0.3 is 19.6 Å². The van der Waals surface area contributed by atoms with Crippen molar-refractivity contribution in [1.29, 1.82) is 0 Å². The molecule has 5 rings (SSSR count).